The van der Waals surface area contributed by atoms with Crippen LogP contribution in [0.15, 0.2) is 24.3 Å². The van der Waals surface area contributed by atoms with E-state index in [1.807, 2.05) is 0 Å². The third-order valence-corrected chi connectivity index (χ3v) is 2.26. The van der Waals surface area contributed by atoms with Gasteiger partial charge in [-0.1, -0.05) is 0 Å². The van der Waals surface area contributed by atoms with Crippen molar-refractivity contribution in [1.82, 2.24) is 5.32 Å². The Labute approximate surface area is 118 Å². The van der Waals surface area contributed by atoms with Crippen molar-refractivity contribution < 1.29 is 27.4 Å². The van der Waals surface area contributed by atoms with Crippen LogP contribution in [0.5, 0.6) is 5.75 Å². The number of hydrogen-bond acceptors (Lipinski definition) is 3. The Balaban J connectivity index is 2.41. The summed E-state index contributed by atoms with van der Waals surface area (Å²) in [4.78, 5) is 11.6. The molecule has 0 spiro atoms. The molecule has 1 aromatic rings. The molecule has 0 fully saturated rings. The molecule has 8 heteroatoms. The Bertz CT molecular complexity index is 423. The molecule has 0 radical (unpaired) electrons. The van der Waals surface area contributed by atoms with Gasteiger partial charge in [0.15, 0.2) is 0 Å². The van der Waals surface area contributed by atoms with E-state index in [9.17, 15) is 18.0 Å². The van der Waals surface area contributed by atoms with Crippen molar-refractivity contribution in [2.75, 3.05) is 25.6 Å². The summed E-state index contributed by atoms with van der Waals surface area (Å²) in [6, 6.07) is 4.64. The van der Waals surface area contributed by atoms with Gasteiger partial charge in [0, 0.05) is 18.0 Å². The normalized spacial score (nSPS) is 11.2. The van der Waals surface area contributed by atoms with Gasteiger partial charge in [0.2, 0.25) is 0 Å². The SMILES string of the molecule is O=C(NCCOCCCl)c1ccc(OC(F)(F)F)cc1. The predicted molar refractivity (Wildman–Crippen MR) is 67.0 cm³/mol. The lowest BCUT2D eigenvalue weighted by Crippen LogP contribution is -2.27. The number of rotatable bonds is 7. The highest BCUT2D eigenvalue weighted by Gasteiger charge is 2.31. The standard InChI is InChI=1S/C12H13ClF3NO3/c13-5-7-19-8-6-17-11(18)9-1-3-10(4-2-9)20-12(14,15)16/h1-4H,5-8H2,(H,17,18). The molecule has 0 atom stereocenters. The number of benzene rings is 1. The zero-order valence-corrected chi connectivity index (χ0v) is 11.1. The summed E-state index contributed by atoms with van der Waals surface area (Å²) in [5.74, 6) is -0.410. The Hall–Kier alpha value is -1.47. The molecule has 0 saturated carbocycles. The van der Waals surface area contributed by atoms with Crippen molar-refractivity contribution in [2.45, 2.75) is 6.36 Å². The van der Waals surface area contributed by atoms with Crippen LogP contribution in [0.25, 0.3) is 0 Å². The van der Waals surface area contributed by atoms with E-state index in [4.69, 9.17) is 16.3 Å². The fourth-order valence-corrected chi connectivity index (χ4v) is 1.41. The molecule has 0 aliphatic rings. The maximum Gasteiger partial charge on any atom is 0.573 e. The molecule has 0 unspecified atom stereocenters. The van der Waals surface area contributed by atoms with Crippen molar-refractivity contribution in [3.05, 3.63) is 29.8 Å². The summed E-state index contributed by atoms with van der Waals surface area (Å²) >= 11 is 5.40. The summed E-state index contributed by atoms with van der Waals surface area (Å²) in [5, 5.41) is 2.56. The number of carbonyl (C=O) groups is 1. The Morgan fingerprint density at radius 3 is 2.40 bits per heavy atom. The van der Waals surface area contributed by atoms with Crippen LogP contribution in [0.2, 0.25) is 0 Å². The van der Waals surface area contributed by atoms with Crippen LogP contribution in [-0.4, -0.2) is 37.9 Å². The van der Waals surface area contributed by atoms with Crippen LogP contribution < -0.4 is 10.1 Å². The number of halogens is 4. The van der Waals surface area contributed by atoms with Crippen LogP contribution in [0.3, 0.4) is 0 Å². The van der Waals surface area contributed by atoms with Crippen molar-refractivity contribution in [3.63, 3.8) is 0 Å². The lowest BCUT2D eigenvalue weighted by molar-refractivity contribution is -0.274. The van der Waals surface area contributed by atoms with Gasteiger partial charge in [0.25, 0.3) is 5.91 Å². The summed E-state index contributed by atoms with van der Waals surface area (Å²) in [6.07, 6.45) is -4.75. The molecule has 1 N–H and O–H groups in total. The third kappa shape index (κ3) is 6.63. The number of alkyl halides is 4. The fraction of sp³-hybridized carbons (Fsp3) is 0.417. The Morgan fingerprint density at radius 1 is 1.20 bits per heavy atom. The van der Waals surface area contributed by atoms with Gasteiger partial charge in [-0.2, -0.15) is 0 Å². The molecular weight excluding hydrogens is 299 g/mol. The molecule has 112 valence electrons. The second-order valence-corrected chi connectivity index (χ2v) is 4.01. The minimum absolute atomic E-state index is 0.233. The molecule has 0 aliphatic carbocycles. The smallest absolute Gasteiger partial charge is 0.406 e. The molecule has 1 amide bonds. The summed E-state index contributed by atoms with van der Waals surface area (Å²) in [7, 11) is 0. The van der Waals surface area contributed by atoms with Crippen molar-refractivity contribution in [2.24, 2.45) is 0 Å². The largest absolute Gasteiger partial charge is 0.573 e. The number of hydrogen-bond donors (Lipinski definition) is 1. The van der Waals surface area contributed by atoms with Crippen LogP contribution >= 0.6 is 11.6 Å². The van der Waals surface area contributed by atoms with Crippen LogP contribution in [0.1, 0.15) is 10.4 Å². The molecule has 0 bridgehead atoms. The number of carbonyl (C=O) groups excluding carboxylic acids is 1. The zero-order chi connectivity index (χ0) is 15.0. The maximum absolute atomic E-state index is 11.9. The van der Waals surface area contributed by atoms with Gasteiger partial charge in [-0.3, -0.25) is 4.79 Å². The maximum atomic E-state index is 11.9. The first kappa shape index (κ1) is 16.6. The van der Waals surface area contributed by atoms with Crippen LogP contribution in [0, 0.1) is 0 Å². The van der Waals surface area contributed by atoms with Gasteiger partial charge in [0.05, 0.1) is 13.2 Å². The molecule has 20 heavy (non-hydrogen) atoms. The molecule has 1 aromatic carbocycles. The van der Waals surface area contributed by atoms with E-state index in [1.54, 1.807) is 0 Å². The van der Waals surface area contributed by atoms with Crippen molar-refractivity contribution in [1.29, 1.82) is 0 Å². The molecule has 4 nitrogen and oxygen atoms in total. The van der Waals surface area contributed by atoms with E-state index < -0.39 is 12.3 Å². The van der Waals surface area contributed by atoms with Crippen molar-refractivity contribution >= 4 is 17.5 Å². The van der Waals surface area contributed by atoms with Gasteiger partial charge in [-0.15, -0.1) is 24.8 Å². The van der Waals surface area contributed by atoms with Gasteiger partial charge >= 0.3 is 6.36 Å². The van der Waals surface area contributed by atoms with Crippen LogP contribution in [-0.2, 0) is 4.74 Å². The van der Waals surface area contributed by atoms with Gasteiger partial charge in [0.1, 0.15) is 5.75 Å². The van der Waals surface area contributed by atoms with Gasteiger partial charge < -0.3 is 14.8 Å². The monoisotopic (exact) mass is 311 g/mol. The summed E-state index contributed by atoms with van der Waals surface area (Å²) < 4.78 is 44.6. The lowest BCUT2D eigenvalue weighted by atomic mass is 10.2. The topological polar surface area (TPSA) is 47.6 Å². The molecule has 0 aromatic heterocycles. The minimum Gasteiger partial charge on any atom is -0.406 e. The average molecular weight is 312 g/mol. The highest BCUT2D eigenvalue weighted by molar-refractivity contribution is 6.17. The van der Waals surface area contributed by atoms with Crippen molar-refractivity contribution in [3.8, 4) is 5.75 Å². The first-order valence-corrected chi connectivity index (χ1v) is 6.23. The minimum atomic E-state index is -4.75. The molecule has 0 saturated heterocycles. The lowest BCUT2D eigenvalue weighted by Gasteiger charge is -2.09. The molecule has 1 rings (SSSR count). The first-order valence-electron chi connectivity index (χ1n) is 5.70. The summed E-state index contributed by atoms with van der Waals surface area (Å²) in [5.41, 5.74) is 0.233. The fourth-order valence-electron chi connectivity index (χ4n) is 1.30. The van der Waals surface area contributed by atoms with E-state index in [1.165, 1.54) is 12.1 Å². The summed E-state index contributed by atoms with van der Waals surface area (Å²) in [6.45, 7) is 0.991. The predicted octanol–water partition coefficient (Wildman–Crippen LogP) is 2.57. The highest BCUT2D eigenvalue weighted by atomic mass is 35.5. The van der Waals surface area contributed by atoms with E-state index in [2.05, 4.69) is 10.1 Å². The van der Waals surface area contributed by atoms with E-state index in [-0.39, 0.29) is 17.9 Å². The average Bonchev–Trinajstić information content (AvgIpc) is 2.37. The third-order valence-electron chi connectivity index (χ3n) is 2.10. The Kier molecular flexibility index (Phi) is 6.60. The Morgan fingerprint density at radius 2 is 1.85 bits per heavy atom. The number of ether oxygens (including phenoxy) is 2. The van der Waals surface area contributed by atoms with E-state index >= 15 is 0 Å². The number of nitrogens with one attached hydrogen (secondary N) is 1. The second-order valence-electron chi connectivity index (χ2n) is 3.63. The van der Waals surface area contributed by atoms with E-state index in [0.29, 0.717) is 19.1 Å². The molecular formula is C12H13ClF3NO3. The van der Waals surface area contributed by atoms with Crippen LogP contribution in [0.4, 0.5) is 13.2 Å². The van der Waals surface area contributed by atoms with Gasteiger partial charge in [-0.05, 0) is 24.3 Å². The molecule has 0 heterocycles. The van der Waals surface area contributed by atoms with Gasteiger partial charge in [-0.25, -0.2) is 0 Å². The van der Waals surface area contributed by atoms with E-state index in [0.717, 1.165) is 12.1 Å². The zero-order valence-electron chi connectivity index (χ0n) is 10.4. The highest BCUT2D eigenvalue weighted by Crippen LogP contribution is 2.22. The number of amides is 1. The molecule has 0 aliphatic heterocycles. The first-order chi connectivity index (χ1) is 9.42. The quantitative estimate of drug-likeness (QED) is 0.622. The second kappa shape index (κ2) is 7.96.